The van der Waals surface area contributed by atoms with Gasteiger partial charge < -0.3 is 91.9 Å². The number of nitrogens with zero attached hydrogens (tertiary/aromatic N) is 4. The van der Waals surface area contributed by atoms with Crippen molar-refractivity contribution in [2.24, 2.45) is 0 Å². The number of hydrogen-bond acceptors (Lipinski definition) is 20. The van der Waals surface area contributed by atoms with E-state index >= 15 is 4.11 Å². The largest absolute Gasteiger partial charge is 0.480 e. The van der Waals surface area contributed by atoms with Gasteiger partial charge in [0.25, 0.3) is 14.3 Å². The lowest BCUT2D eigenvalue weighted by molar-refractivity contribution is -0.142. The molecule has 99 heavy (non-hydrogen) atoms. The van der Waals surface area contributed by atoms with E-state index in [4.69, 9.17) is 4.42 Å². The summed E-state index contributed by atoms with van der Waals surface area (Å²) >= 11 is 0. The summed E-state index contributed by atoms with van der Waals surface area (Å²) in [5.74, 6) is -11.9. The van der Waals surface area contributed by atoms with Gasteiger partial charge in [0.1, 0.15) is 29.9 Å². The van der Waals surface area contributed by atoms with Crippen molar-refractivity contribution >= 4 is 90.9 Å². The molecule has 1 aliphatic rings. The molecule has 2 heterocycles. The zero-order valence-corrected chi connectivity index (χ0v) is 57.9. The Kier molecular flexibility index (Phi) is 35.6. The van der Waals surface area contributed by atoms with E-state index in [0.29, 0.717) is 11.6 Å². The fourth-order valence-electron chi connectivity index (χ4n) is 11.3. The van der Waals surface area contributed by atoms with Gasteiger partial charge >= 0.3 is 41.8 Å². The number of urea groups is 1. The van der Waals surface area contributed by atoms with Gasteiger partial charge in [-0.1, -0.05) is 53.7 Å². The van der Waals surface area contributed by atoms with Crippen LogP contribution in [-0.2, 0) is 59.2 Å². The normalized spacial score (nSPS) is 15.6. The van der Waals surface area contributed by atoms with Crippen LogP contribution in [0.25, 0.3) is 0 Å². The predicted molar refractivity (Wildman–Crippen MR) is 354 cm³/mol. The molecular weight excluding hydrogens is 1320 g/mol. The third kappa shape index (κ3) is 31.8. The van der Waals surface area contributed by atoms with Crippen LogP contribution < -0.4 is 47.7 Å². The third-order valence-electron chi connectivity index (χ3n) is 16.3. The van der Waals surface area contributed by atoms with Crippen LogP contribution >= 0.6 is 0 Å². The molecule has 34 nitrogen and oxygen atoms in total. The van der Waals surface area contributed by atoms with Crippen molar-refractivity contribution in [1.29, 1.82) is 0 Å². The van der Waals surface area contributed by atoms with E-state index in [9.17, 15) is 103 Å². The summed E-state index contributed by atoms with van der Waals surface area (Å²) in [5.41, 5.74) is 0.111. The van der Waals surface area contributed by atoms with Crippen LogP contribution in [0.3, 0.4) is 0 Å². The van der Waals surface area contributed by atoms with Crippen LogP contribution in [0.2, 0.25) is 10.1 Å². The molecule has 36 heteroatoms. The first-order chi connectivity index (χ1) is 46.4. The summed E-state index contributed by atoms with van der Waals surface area (Å²) in [6.07, 6.45) is -2.30. The molecule has 0 aliphatic carbocycles. The number of halogens is 1. The van der Waals surface area contributed by atoms with Gasteiger partial charge in [-0.3, -0.25) is 62.8 Å². The molecule has 8 amide bonds. The van der Waals surface area contributed by atoms with Crippen molar-refractivity contribution in [3.05, 3.63) is 54.0 Å². The van der Waals surface area contributed by atoms with Crippen molar-refractivity contribution in [1.82, 2.24) is 62.1 Å². The monoisotopic (exact) mass is 1420 g/mol. The molecule has 1 fully saturated rings. The number of benzene rings is 1. The van der Waals surface area contributed by atoms with Crippen LogP contribution in [0.5, 0.6) is 0 Å². The van der Waals surface area contributed by atoms with Crippen molar-refractivity contribution in [3.8, 4) is 0 Å². The van der Waals surface area contributed by atoms with E-state index < -0.39 is 178 Å². The molecule has 1 aromatic heterocycles. The molecule has 2 aromatic rings. The molecule has 0 spiro atoms. The summed E-state index contributed by atoms with van der Waals surface area (Å²) < 4.78 is 22.3. The van der Waals surface area contributed by atoms with Crippen molar-refractivity contribution in [2.75, 3.05) is 98.2 Å². The minimum atomic E-state index is -3.73. The van der Waals surface area contributed by atoms with Gasteiger partial charge in [0, 0.05) is 116 Å². The topological polar surface area (TPSA) is 506 Å². The SMILES string of the molecule is CC(C)(C)[Si](F)(c1ccc(C(=O)NC[C@@H](NC(=O)CN2CCN(CC(=O)O)CCN(CC(=O)O)CCN(CC(=O)O)CC2)C(=O)N[C@H](CCCCNC(=O)CCC(=O)NCCC[C@@H](NC(=O)CC[C@H](NC(=O)N[C@@H](Cc2ccco2)C(=O)O)C(=O)O)C(=O)O)CC(O)O)cc1)C(C)(C)C. The van der Waals surface area contributed by atoms with Gasteiger partial charge in [0.2, 0.25) is 29.5 Å². The number of carbonyl (C=O) groups excluding carboxylic acids is 7. The van der Waals surface area contributed by atoms with Gasteiger partial charge in [0.15, 0.2) is 6.29 Å². The summed E-state index contributed by atoms with van der Waals surface area (Å²) in [7, 11) is -3.73. The Labute approximate surface area is 573 Å². The summed E-state index contributed by atoms with van der Waals surface area (Å²) in [6, 6.07) is 0.792. The van der Waals surface area contributed by atoms with E-state index in [1.165, 1.54) is 30.5 Å². The summed E-state index contributed by atoms with van der Waals surface area (Å²) in [4.78, 5) is 170. The molecule has 3 rings (SSSR count). The molecule has 0 saturated carbocycles. The number of unbranched alkanes of at least 4 members (excludes halogenated alkanes) is 1. The van der Waals surface area contributed by atoms with Crippen LogP contribution in [0, 0.1) is 0 Å². The van der Waals surface area contributed by atoms with E-state index in [-0.39, 0.29) is 128 Å². The maximum Gasteiger partial charge on any atom is 0.326 e. The van der Waals surface area contributed by atoms with Crippen LogP contribution in [0.15, 0.2) is 47.1 Å². The van der Waals surface area contributed by atoms with Crippen molar-refractivity contribution in [2.45, 2.75) is 159 Å². The highest BCUT2D eigenvalue weighted by Crippen LogP contribution is 2.51. The van der Waals surface area contributed by atoms with Crippen LogP contribution in [0.4, 0.5) is 8.90 Å². The predicted octanol–water partition coefficient (Wildman–Crippen LogP) is -1.36. The van der Waals surface area contributed by atoms with Gasteiger partial charge in [0.05, 0.1) is 32.4 Å². The van der Waals surface area contributed by atoms with E-state index in [0.717, 1.165) is 0 Å². The average Bonchev–Trinajstić information content (AvgIpc) is 0.986. The second-order valence-electron chi connectivity index (χ2n) is 26.3. The molecule has 5 atom stereocenters. The second kappa shape index (κ2) is 41.7. The van der Waals surface area contributed by atoms with E-state index in [1.54, 1.807) is 31.7 Å². The Balaban J connectivity index is 1.62. The van der Waals surface area contributed by atoms with Gasteiger partial charge in [-0.15, -0.1) is 0 Å². The molecular formula is C63H99FN12O22Si. The van der Waals surface area contributed by atoms with Gasteiger partial charge in [-0.25, -0.2) is 19.2 Å². The average molecular weight is 1420 g/mol. The lowest BCUT2D eigenvalue weighted by Crippen LogP contribution is -2.58. The minimum Gasteiger partial charge on any atom is -0.480 e. The van der Waals surface area contributed by atoms with E-state index in [1.807, 2.05) is 41.5 Å². The van der Waals surface area contributed by atoms with Gasteiger partial charge in [-0.2, -0.15) is 0 Å². The first kappa shape index (κ1) is 84.5. The molecule has 1 saturated heterocycles. The Hall–Kier alpha value is -8.68. The number of rotatable bonds is 40. The Morgan fingerprint density at radius 2 is 0.960 bits per heavy atom. The summed E-state index contributed by atoms with van der Waals surface area (Å²) in [6.45, 7) is 9.60. The second-order valence-corrected chi connectivity index (χ2v) is 31.2. The van der Waals surface area contributed by atoms with Crippen LogP contribution in [-0.4, -0.2) is 281 Å². The number of aliphatic hydroxyl groups is 2. The highest BCUT2D eigenvalue weighted by Gasteiger charge is 2.56. The molecule has 0 unspecified atom stereocenters. The third-order valence-corrected chi connectivity index (χ3v) is 21.6. The number of nitrogens with one attached hydrogen (secondary N) is 8. The number of furan rings is 1. The molecule has 0 radical (unpaired) electrons. The lowest BCUT2D eigenvalue weighted by Gasteiger charge is -2.44. The van der Waals surface area contributed by atoms with Crippen molar-refractivity contribution < 1.29 is 112 Å². The number of aliphatic carboxylic acids is 6. The smallest absolute Gasteiger partial charge is 0.326 e. The van der Waals surface area contributed by atoms with Crippen molar-refractivity contribution in [3.63, 3.8) is 0 Å². The Morgan fingerprint density at radius 3 is 1.40 bits per heavy atom. The first-order valence-corrected chi connectivity index (χ1v) is 34.4. The lowest BCUT2D eigenvalue weighted by atomic mass is 10.0. The fourth-order valence-corrected chi connectivity index (χ4v) is 15.9. The number of carboxylic acids is 6. The zero-order valence-electron chi connectivity index (χ0n) is 56.9. The maximum absolute atomic E-state index is 17.2. The van der Waals surface area contributed by atoms with Gasteiger partial charge in [-0.05, 0) is 78.1 Å². The van der Waals surface area contributed by atoms with Crippen LogP contribution in [0.1, 0.15) is 122 Å². The molecule has 554 valence electrons. The maximum atomic E-state index is 17.2. The Morgan fingerprint density at radius 1 is 0.505 bits per heavy atom. The Bertz CT molecular complexity index is 2980. The first-order valence-electron chi connectivity index (χ1n) is 32.6. The quantitative estimate of drug-likeness (QED) is 0.0159. The number of carboxylic acid groups (broad SMARTS) is 6. The number of hydrogen-bond donors (Lipinski definition) is 16. The fraction of sp³-hybridized carbons (Fsp3) is 0.635. The summed E-state index contributed by atoms with van der Waals surface area (Å²) in [5, 5.41) is 96.6. The number of amides is 8. The molecule has 0 bridgehead atoms. The zero-order chi connectivity index (χ0) is 74.2. The highest BCUT2D eigenvalue weighted by atomic mass is 28.4. The molecule has 16 N–H and O–H groups in total. The number of aliphatic hydroxyl groups excluding tert-OH is 1. The highest BCUT2D eigenvalue weighted by molar-refractivity contribution is 6.90. The van der Waals surface area contributed by atoms with E-state index in [2.05, 4.69) is 42.5 Å². The molecule has 1 aromatic carbocycles. The molecule has 1 aliphatic heterocycles. The minimum absolute atomic E-state index is 0.0453. The number of carbonyl (C=O) groups is 13. The standard InChI is InChI=1S/C63H99FN12O22Si/c1-62(2,3)99(64,63(4,5)6)43-16-14-40(15-17-43)56(89)67-35-47(70-51(80)36-73-24-26-74(37-53(83)84)28-30-76(39-55(87)88)31-29-75(27-25-73)38-54(85)86)57(90)68-41(33-52(81)82)11-7-8-22-65-48(77)20-21-49(78)66-23-9-13-44(58(91)92)69-50(79)19-18-45(59(93)94)71-61(97)72-46(60(95)96)34-42-12-10-32-98-42/h10,12,14-17,32,41,44-47,52,81-82H,7-9,11,13,18-31,33-39H2,1-6H3,(H,65,77)(H,66,78)(H,67,89)(H,68,90)(H,69,79)(H,70,80)(H,83,84)(H,85,86)(H,87,88)(H,91,92)(H,93,94)(H,95,96)(H2,71,72,97)/t41-,44-,45+,46+,47-/m1/s1.